The summed E-state index contributed by atoms with van der Waals surface area (Å²) in [6.07, 6.45) is 3.62. The summed E-state index contributed by atoms with van der Waals surface area (Å²) in [7, 11) is 0. The van der Waals surface area contributed by atoms with Crippen LogP contribution in [0.3, 0.4) is 0 Å². The molecule has 0 aliphatic heterocycles. The monoisotopic (exact) mass is 201 g/mol. The van der Waals surface area contributed by atoms with E-state index in [1.165, 1.54) is 19.3 Å². The van der Waals surface area contributed by atoms with Crippen LogP contribution in [0.15, 0.2) is 0 Å². The highest BCUT2D eigenvalue weighted by atomic mass is 16.3. The molecule has 0 heterocycles. The molecule has 0 saturated carbocycles. The van der Waals surface area contributed by atoms with Crippen molar-refractivity contribution < 1.29 is 5.11 Å². The van der Waals surface area contributed by atoms with Gasteiger partial charge in [0.2, 0.25) is 0 Å². The number of nitrogens with one attached hydrogen (secondary N) is 1. The molecule has 86 valence electrons. The molecule has 0 aliphatic carbocycles. The average Bonchev–Trinajstić information content (AvgIpc) is 2.11. The first-order chi connectivity index (χ1) is 6.39. The maximum atomic E-state index is 9.57. The molecule has 0 aromatic carbocycles. The minimum atomic E-state index is -0.596. The van der Waals surface area contributed by atoms with E-state index in [-0.39, 0.29) is 0 Å². The van der Waals surface area contributed by atoms with Gasteiger partial charge in [-0.25, -0.2) is 0 Å². The number of aliphatic hydroxyl groups is 1. The Balaban J connectivity index is 3.95. The van der Waals surface area contributed by atoms with Gasteiger partial charge < -0.3 is 10.4 Å². The van der Waals surface area contributed by atoms with E-state index in [0.29, 0.717) is 12.0 Å². The Morgan fingerprint density at radius 3 is 1.64 bits per heavy atom. The van der Waals surface area contributed by atoms with Crippen molar-refractivity contribution in [1.82, 2.24) is 5.32 Å². The molecule has 0 aliphatic rings. The standard InChI is InChI=1S/C12H27NO/c1-6-12(7-2,8-3)10-13-9-11(4,5)14/h13-14H,6-10H2,1-5H3. The van der Waals surface area contributed by atoms with Crippen LogP contribution < -0.4 is 5.32 Å². The average molecular weight is 201 g/mol. The molecule has 0 radical (unpaired) electrons. The van der Waals surface area contributed by atoms with Crippen LogP contribution >= 0.6 is 0 Å². The number of hydrogen-bond acceptors (Lipinski definition) is 2. The molecule has 0 aromatic heterocycles. The lowest BCUT2D eigenvalue weighted by Gasteiger charge is -2.32. The van der Waals surface area contributed by atoms with E-state index in [2.05, 4.69) is 26.1 Å². The first-order valence-corrected chi connectivity index (χ1v) is 5.82. The summed E-state index contributed by atoms with van der Waals surface area (Å²) in [5.41, 5.74) is -0.174. The summed E-state index contributed by atoms with van der Waals surface area (Å²) in [5, 5.41) is 12.9. The predicted molar refractivity (Wildman–Crippen MR) is 62.5 cm³/mol. The summed E-state index contributed by atoms with van der Waals surface area (Å²) in [6, 6.07) is 0. The molecule has 2 nitrogen and oxygen atoms in total. The first-order valence-electron chi connectivity index (χ1n) is 5.82. The van der Waals surface area contributed by atoms with Gasteiger partial charge in [0.25, 0.3) is 0 Å². The van der Waals surface area contributed by atoms with E-state index in [9.17, 15) is 5.11 Å². The van der Waals surface area contributed by atoms with Gasteiger partial charge in [-0.1, -0.05) is 20.8 Å². The molecule has 2 N–H and O–H groups in total. The second-order valence-electron chi connectivity index (χ2n) is 4.98. The number of rotatable bonds is 7. The molecule has 0 saturated heterocycles. The Bertz CT molecular complexity index is 137. The fraction of sp³-hybridized carbons (Fsp3) is 1.00. The zero-order valence-electron chi connectivity index (χ0n) is 10.5. The molecule has 0 atom stereocenters. The van der Waals surface area contributed by atoms with Gasteiger partial charge >= 0.3 is 0 Å². The second kappa shape index (κ2) is 5.72. The van der Waals surface area contributed by atoms with Crippen molar-refractivity contribution in [3.8, 4) is 0 Å². The zero-order valence-corrected chi connectivity index (χ0v) is 10.5. The zero-order chi connectivity index (χ0) is 11.2. The fourth-order valence-electron chi connectivity index (χ4n) is 1.76. The first kappa shape index (κ1) is 13.9. The third kappa shape index (κ3) is 4.97. The van der Waals surface area contributed by atoms with Crippen LogP contribution in [0.1, 0.15) is 53.9 Å². The quantitative estimate of drug-likeness (QED) is 0.663. The topological polar surface area (TPSA) is 32.3 Å². The summed E-state index contributed by atoms with van der Waals surface area (Å²) in [6.45, 7) is 12.1. The molecule has 0 aromatic rings. The molecule has 0 rings (SSSR count). The van der Waals surface area contributed by atoms with E-state index < -0.39 is 5.60 Å². The van der Waals surface area contributed by atoms with Crippen LogP contribution in [0.25, 0.3) is 0 Å². The third-order valence-electron chi connectivity index (χ3n) is 3.31. The molecule has 0 unspecified atom stereocenters. The van der Waals surface area contributed by atoms with Gasteiger partial charge in [0.15, 0.2) is 0 Å². The third-order valence-corrected chi connectivity index (χ3v) is 3.31. The Morgan fingerprint density at radius 2 is 1.36 bits per heavy atom. The smallest absolute Gasteiger partial charge is 0.0715 e. The Morgan fingerprint density at radius 1 is 0.929 bits per heavy atom. The van der Waals surface area contributed by atoms with E-state index in [1.54, 1.807) is 0 Å². The highest BCUT2D eigenvalue weighted by molar-refractivity contribution is 4.79. The van der Waals surface area contributed by atoms with E-state index in [4.69, 9.17) is 0 Å². The lowest BCUT2D eigenvalue weighted by atomic mass is 9.80. The predicted octanol–water partition coefficient (Wildman–Crippen LogP) is 2.56. The molecule has 2 heteroatoms. The van der Waals surface area contributed by atoms with Crippen LogP contribution in [0.2, 0.25) is 0 Å². The van der Waals surface area contributed by atoms with Crippen LogP contribution in [0.4, 0.5) is 0 Å². The highest BCUT2D eigenvalue weighted by Crippen LogP contribution is 2.29. The highest BCUT2D eigenvalue weighted by Gasteiger charge is 2.24. The van der Waals surface area contributed by atoms with Gasteiger partial charge in [-0.05, 0) is 38.5 Å². The van der Waals surface area contributed by atoms with E-state index in [0.717, 1.165) is 6.54 Å². The van der Waals surface area contributed by atoms with Crippen LogP contribution in [0, 0.1) is 5.41 Å². The maximum absolute atomic E-state index is 9.57. The Kier molecular flexibility index (Phi) is 5.68. The molecule has 14 heavy (non-hydrogen) atoms. The molecule has 0 bridgehead atoms. The fourth-order valence-corrected chi connectivity index (χ4v) is 1.76. The summed E-state index contributed by atoms with van der Waals surface area (Å²) < 4.78 is 0. The molecular formula is C12H27NO. The minimum absolute atomic E-state index is 0.422. The van der Waals surface area contributed by atoms with Crippen molar-refractivity contribution in [3.05, 3.63) is 0 Å². The lowest BCUT2D eigenvalue weighted by molar-refractivity contribution is 0.0744. The van der Waals surface area contributed by atoms with E-state index in [1.807, 2.05) is 13.8 Å². The van der Waals surface area contributed by atoms with Crippen molar-refractivity contribution in [3.63, 3.8) is 0 Å². The van der Waals surface area contributed by atoms with Crippen molar-refractivity contribution in [2.24, 2.45) is 5.41 Å². The van der Waals surface area contributed by atoms with Gasteiger partial charge in [-0.15, -0.1) is 0 Å². The van der Waals surface area contributed by atoms with Crippen LogP contribution in [0.5, 0.6) is 0 Å². The molecule has 0 spiro atoms. The SMILES string of the molecule is CCC(CC)(CC)CNCC(C)(C)O. The normalized spacial score (nSPS) is 13.3. The van der Waals surface area contributed by atoms with Crippen molar-refractivity contribution in [2.45, 2.75) is 59.5 Å². The second-order valence-corrected chi connectivity index (χ2v) is 4.98. The van der Waals surface area contributed by atoms with Crippen LogP contribution in [-0.4, -0.2) is 23.8 Å². The summed E-state index contributed by atoms with van der Waals surface area (Å²) in [4.78, 5) is 0. The maximum Gasteiger partial charge on any atom is 0.0715 e. The van der Waals surface area contributed by atoms with Gasteiger partial charge in [-0.2, -0.15) is 0 Å². The minimum Gasteiger partial charge on any atom is -0.389 e. The van der Waals surface area contributed by atoms with Gasteiger partial charge in [0.1, 0.15) is 0 Å². The summed E-state index contributed by atoms with van der Waals surface area (Å²) >= 11 is 0. The van der Waals surface area contributed by atoms with Crippen molar-refractivity contribution in [2.75, 3.05) is 13.1 Å². The van der Waals surface area contributed by atoms with Crippen LogP contribution in [-0.2, 0) is 0 Å². The van der Waals surface area contributed by atoms with Gasteiger partial charge in [0, 0.05) is 13.1 Å². The molecular weight excluding hydrogens is 174 g/mol. The Labute approximate surface area is 89.1 Å². The largest absolute Gasteiger partial charge is 0.389 e. The van der Waals surface area contributed by atoms with Gasteiger partial charge in [-0.3, -0.25) is 0 Å². The summed E-state index contributed by atoms with van der Waals surface area (Å²) in [5.74, 6) is 0. The lowest BCUT2D eigenvalue weighted by Crippen LogP contribution is -2.40. The van der Waals surface area contributed by atoms with E-state index >= 15 is 0 Å². The van der Waals surface area contributed by atoms with Crippen molar-refractivity contribution >= 4 is 0 Å². The molecule has 0 amide bonds. The number of hydrogen-bond donors (Lipinski definition) is 2. The van der Waals surface area contributed by atoms with Crippen molar-refractivity contribution in [1.29, 1.82) is 0 Å². The molecule has 0 fully saturated rings. The van der Waals surface area contributed by atoms with Gasteiger partial charge in [0.05, 0.1) is 5.60 Å². The Hall–Kier alpha value is -0.0800.